The molecule has 1 saturated carbocycles. The molecule has 3 aromatic rings. The van der Waals surface area contributed by atoms with Crippen molar-refractivity contribution in [3.63, 3.8) is 0 Å². The zero-order valence-electron chi connectivity index (χ0n) is 16.4. The molecule has 5 rings (SSSR count). The van der Waals surface area contributed by atoms with Crippen LogP contribution in [0.5, 0.6) is 11.5 Å². The lowest BCUT2D eigenvalue weighted by atomic mass is 10.1. The number of fused-ring (bicyclic) bond motifs is 2. The maximum atomic E-state index is 12.4. The minimum atomic E-state index is -0.529. The smallest absolute Gasteiger partial charge is 0.251 e. The van der Waals surface area contributed by atoms with E-state index in [0.29, 0.717) is 22.7 Å². The van der Waals surface area contributed by atoms with Crippen LogP contribution in [-0.2, 0) is 4.79 Å². The standard InChI is InChI=1S/C24H22N2O4/c27-22(15-25-23(28)18-8-7-16-5-1-2-6-17(16)13-18)26-19-9-10-20-21(14-19)30-24(29-20)11-3-4-12-24/h1-2,5-10,13-14H,3-4,11-12,15H2,(H,25,28)(H,26,27). The molecule has 0 unspecified atom stereocenters. The fraction of sp³-hybridized carbons (Fsp3) is 0.250. The molecular formula is C24H22N2O4. The lowest BCUT2D eigenvalue weighted by Crippen LogP contribution is -2.34. The van der Waals surface area contributed by atoms with Crippen molar-refractivity contribution in [3.8, 4) is 11.5 Å². The van der Waals surface area contributed by atoms with Crippen LogP contribution < -0.4 is 20.1 Å². The van der Waals surface area contributed by atoms with Gasteiger partial charge in [0.2, 0.25) is 5.91 Å². The van der Waals surface area contributed by atoms with Gasteiger partial charge < -0.3 is 20.1 Å². The maximum Gasteiger partial charge on any atom is 0.251 e. The fourth-order valence-corrected chi connectivity index (χ4v) is 4.09. The van der Waals surface area contributed by atoms with Crippen LogP contribution in [0.4, 0.5) is 5.69 Å². The largest absolute Gasteiger partial charge is 0.448 e. The van der Waals surface area contributed by atoms with Crippen LogP contribution in [0.2, 0.25) is 0 Å². The van der Waals surface area contributed by atoms with Gasteiger partial charge in [0.15, 0.2) is 11.5 Å². The van der Waals surface area contributed by atoms with E-state index in [9.17, 15) is 9.59 Å². The van der Waals surface area contributed by atoms with E-state index in [0.717, 1.165) is 36.5 Å². The number of carbonyl (C=O) groups is 2. The summed E-state index contributed by atoms with van der Waals surface area (Å²) in [7, 11) is 0. The van der Waals surface area contributed by atoms with Crippen LogP contribution in [0.1, 0.15) is 36.0 Å². The summed E-state index contributed by atoms with van der Waals surface area (Å²) in [6.07, 6.45) is 3.94. The van der Waals surface area contributed by atoms with Crippen LogP contribution >= 0.6 is 0 Å². The van der Waals surface area contributed by atoms with Crippen LogP contribution in [0.15, 0.2) is 60.7 Å². The number of hydrogen-bond donors (Lipinski definition) is 2. The van der Waals surface area contributed by atoms with E-state index in [1.807, 2.05) is 42.5 Å². The Bertz CT molecular complexity index is 1140. The molecule has 6 nitrogen and oxygen atoms in total. The molecular weight excluding hydrogens is 380 g/mol. The second-order valence-corrected chi connectivity index (χ2v) is 7.78. The molecule has 0 bridgehead atoms. The van der Waals surface area contributed by atoms with Gasteiger partial charge in [-0.05, 0) is 47.9 Å². The molecule has 0 atom stereocenters. The summed E-state index contributed by atoms with van der Waals surface area (Å²) >= 11 is 0. The van der Waals surface area contributed by atoms with Crippen molar-refractivity contribution >= 4 is 28.3 Å². The molecule has 1 spiro atoms. The first-order valence-corrected chi connectivity index (χ1v) is 10.2. The fourth-order valence-electron chi connectivity index (χ4n) is 4.09. The third kappa shape index (κ3) is 3.56. The van der Waals surface area contributed by atoms with E-state index >= 15 is 0 Å². The molecule has 3 aromatic carbocycles. The van der Waals surface area contributed by atoms with E-state index in [1.165, 1.54) is 0 Å². The quantitative estimate of drug-likeness (QED) is 0.684. The molecule has 0 radical (unpaired) electrons. The predicted molar refractivity (Wildman–Crippen MR) is 114 cm³/mol. The Labute approximate surface area is 174 Å². The number of ether oxygens (including phenoxy) is 2. The first-order valence-electron chi connectivity index (χ1n) is 10.2. The van der Waals surface area contributed by atoms with Gasteiger partial charge in [0, 0.05) is 30.2 Å². The molecule has 2 N–H and O–H groups in total. The van der Waals surface area contributed by atoms with Crippen LogP contribution in [0, 0.1) is 0 Å². The molecule has 1 fully saturated rings. The van der Waals surface area contributed by atoms with Crippen molar-refractivity contribution in [1.29, 1.82) is 0 Å². The molecule has 0 aromatic heterocycles. The summed E-state index contributed by atoms with van der Waals surface area (Å²) in [6.45, 7) is -0.121. The Balaban J connectivity index is 1.19. The van der Waals surface area contributed by atoms with Crippen LogP contribution in [0.25, 0.3) is 10.8 Å². The minimum absolute atomic E-state index is 0.121. The number of amides is 2. The van der Waals surface area contributed by atoms with Crippen molar-refractivity contribution in [2.75, 3.05) is 11.9 Å². The van der Waals surface area contributed by atoms with E-state index in [2.05, 4.69) is 10.6 Å². The number of benzene rings is 3. The van der Waals surface area contributed by atoms with Gasteiger partial charge >= 0.3 is 0 Å². The van der Waals surface area contributed by atoms with Gasteiger partial charge in [-0.3, -0.25) is 9.59 Å². The van der Waals surface area contributed by atoms with Gasteiger partial charge in [0.1, 0.15) is 0 Å². The molecule has 2 aliphatic rings. The van der Waals surface area contributed by atoms with Crippen molar-refractivity contribution < 1.29 is 19.1 Å². The molecule has 0 saturated heterocycles. The Morgan fingerprint density at radius 2 is 1.63 bits per heavy atom. The van der Waals surface area contributed by atoms with Gasteiger partial charge in [-0.15, -0.1) is 0 Å². The monoisotopic (exact) mass is 402 g/mol. The van der Waals surface area contributed by atoms with Crippen molar-refractivity contribution in [2.45, 2.75) is 31.5 Å². The zero-order valence-corrected chi connectivity index (χ0v) is 16.4. The van der Waals surface area contributed by atoms with Gasteiger partial charge in [-0.2, -0.15) is 0 Å². The zero-order chi connectivity index (χ0) is 20.6. The maximum absolute atomic E-state index is 12.4. The molecule has 1 aliphatic carbocycles. The number of anilines is 1. The van der Waals surface area contributed by atoms with Gasteiger partial charge in [-0.1, -0.05) is 30.3 Å². The Morgan fingerprint density at radius 1 is 0.867 bits per heavy atom. The second kappa shape index (κ2) is 7.37. The summed E-state index contributed by atoms with van der Waals surface area (Å²) in [6, 6.07) is 18.7. The summed E-state index contributed by atoms with van der Waals surface area (Å²) in [5, 5.41) is 7.51. The highest BCUT2D eigenvalue weighted by Gasteiger charge is 2.44. The Morgan fingerprint density at radius 3 is 2.47 bits per heavy atom. The first-order chi connectivity index (χ1) is 14.6. The third-order valence-corrected chi connectivity index (χ3v) is 5.61. The Hall–Kier alpha value is -3.54. The van der Waals surface area contributed by atoms with Crippen LogP contribution in [-0.4, -0.2) is 24.1 Å². The molecule has 30 heavy (non-hydrogen) atoms. The minimum Gasteiger partial charge on any atom is -0.448 e. The van der Waals surface area contributed by atoms with E-state index < -0.39 is 5.79 Å². The summed E-state index contributed by atoms with van der Waals surface area (Å²) in [4.78, 5) is 24.7. The van der Waals surface area contributed by atoms with E-state index in [1.54, 1.807) is 18.2 Å². The SMILES string of the molecule is O=C(CNC(=O)c1ccc2ccccc2c1)Nc1ccc2c(c1)OC1(CCCC1)O2. The third-order valence-electron chi connectivity index (χ3n) is 5.61. The van der Waals surface area contributed by atoms with Gasteiger partial charge in [0.05, 0.1) is 6.54 Å². The Kier molecular flexibility index (Phi) is 4.54. The highest BCUT2D eigenvalue weighted by atomic mass is 16.7. The lowest BCUT2D eigenvalue weighted by Gasteiger charge is -2.21. The van der Waals surface area contributed by atoms with Crippen LogP contribution in [0.3, 0.4) is 0 Å². The molecule has 152 valence electrons. The highest BCUT2D eigenvalue weighted by Crippen LogP contribution is 2.47. The summed E-state index contributed by atoms with van der Waals surface area (Å²) in [5.41, 5.74) is 1.13. The lowest BCUT2D eigenvalue weighted by molar-refractivity contribution is -0.115. The average Bonchev–Trinajstić information content (AvgIpc) is 3.37. The second-order valence-electron chi connectivity index (χ2n) is 7.78. The van der Waals surface area contributed by atoms with E-state index in [-0.39, 0.29) is 18.4 Å². The molecule has 6 heteroatoms. The van der Waals surface area contributed by atoms with Gasteiger partial charge in [-0.25, -0.2) is 0 Å². The molecule has 2 amide bonds. The van der Waals surface area contributed by atoms with Crippen molar-refractivity contribution in [1.82, 2.24) is 5.32 Å². The van der Waals surface area contributed by atoms with Crippen molar-refractivity contribution in [2.24, 2.45) is 0 Å². The first kappa shape index (κ1) is 18.5. The topological polar surface area (TPSA) is 76.7 Å². The predicted octanol–water partition coefficient (Wildman–Crippen LogP) is 4.25. The molecule has 1 heterocycles. The van der Waals surface area contributed by atoms with Gasteiger partial charge in [0.25, 0.3) is 11.7 Å². The van der Waals surface area contributed by atoms with E-state index in [4.69, 9.17) is 9.47 Å². The normalized spacial score (nSPS) is 16.0. The molecule has 1 aliphatic heterocycles. The summed E-state index contributed by atoms with van der Waals surface area (Å²) in [5.74, 6) is 0.233. The summed E-state index contributed by atoms with van der Waals surface area (Å²) < 4.78 is 12.0. The number of rotatable bonds is 4. The number of carbonyl (C=O) groups excluding carboxylic acids is 2. The highest BCUT2D eigenvalue weighted by molar-refractivity contribution is 6.01. The number of hydrogen-bond acceptors (Lipinski definition) is 4. The number of nitrogens with one attached hydrogen (secondary N) is 2. The average molecular weight is 402 g/mol. The van der Waals surface area contributed by atoms with Crippen molar-refractivity contribution in [3.05, 3.63) is 66.2 Å².